The van der Waals surface area contributed by atoms with Crippen LogP contribution in [0.25, 0.3) is 11.5 Å². The lowest BCUT2D eigenvalue weighted by molar-refractivity contribution is 0.465. The lowest BCUT2D eigenvalue weighted by Gasteiger charge is -2.04. The fourth-order valence-corrected chi connectivity index (χ4v) is 3.77. The van der Waals surface area contributed by atoms with Gasteiger partial charge in [-0.15, -0.1) is 10.2 Å². The molecule has 0 spiro atoms. The zero-order valence-electron chi connectivity index (χ0n) is 11.1. The maximum atomic E-state index is 6.15. The smallest absolute Gasteiger partial charge is 0.277 e. The Morgan fingerprint density at radius 2 is 1.73 bits per heavy atom. The Bertz CT molecular complexity index is 789. The summed E-state index contributed by atoms with van der Waals surface area (Å²) in [5.41, 5.74) is 1.72. The maximum Gasteiger partial charge on any atom is 0.277 e. The van der Waals surface area contributed by atoms with Crippen LogP contribution in [0, 0.1) is 0 Å². The predicted octanol–water partition coefficient (Wildman–Crippen LogP) is 6.10. The van der Waals surface area contributed by atoms with E-state index in [1.165, 1.54) is 11.8 Å². The van der Waals surface area contributed by atoms with Crippen molar-refractivity contribution in [1.82, 2.24) is 10.2 Å². The monoisotopic (exact) mass is 414 g/mol. The molecule has 0 fully saturated rings. The summed E-state index contributed by atoms with van der Waals surface area (Å²) in [7, 11) is 0. The van der Waals surface area contributed by atoms with E-state index in [4.69, 9.17) is 27.6 Å². The number of thioether (sulfide) groups is 1. The molecule has 0 saturated carbocycles. The van der Waals surface area contributed by atoms with E-state index in [9.17, 15) is 0 Å². The summed E-state index contributed by atoms with van der Waals surface area (Å²) < 4.78 is 6.58. The molecule has 3 aromatic rings. The molecule has 0 aliphatic rings. The standard InChI is InChI=1S/C15H9BrCl2N2OS/c16-11-5-2-1-4-9(11)14-19-20-15(21-14)22-8-10-12(17)6-3-7-13(10)18/h1-7H,8H2. The second-order valence-electron chi connectivity index (χ2n) is 4.34. The molecule has 0 bridgehead atoms. The molecule has 7 heteroatoms. The molecule has 0 radical (unpaired) electrons. The summed E-state index contributed by atoms with van der Waals surface area (Å²) in [5.74, 6) is 1.04. The first-order chi connectivity index (χ1) is 10.6. The van der Waals surface area contributed by atoms with E-state index in [0.717, 1.165) is 15.6 Å². The molecular formula is C15H9BrCl2N2OS. The molecule has 0 saturated heterocycles. The summed E-state index contributed by atoms with van der Waals surface area (Å²) in [5, 5.41) is 9.85. The molecule has 3 nitrogen and oxygen atoms in total. The summed E-state index contributed by atoms with van der Waals surface area (Å²) in [6.45, 7) is 0. The Morgan fingerprint density at radius 1 is 1.00 bits per heavy atom. The van der Waals surface area contributed by atoms with Crippen molar-refractivity contribution in [2.75, 3.05) is 0 Å². The molecular weight excluding hydrogens is 407 g/mol. The van der Waals surface area contributed by atoms with Gasteiger partial charge in [-0.2, -0.15) is 0 Å². The summed E-state index contributed by atoms with van der Waals surface area (Å²) in [6.07, 6.45) is 0. The number of halogens is 3. The Morgan fingerprint density at radius 3 is 2.45 bits per heavy atom. The summed E-state index contributed by atoms with van der Waals surface area (Å²) >= 11 is 17.2. The van der Waals surface area contributed by atoms with Crippen LogP contribution >= 0.6 is 50.9 Å². The topological polar surface area (TPSA) is 38.9 Å². The van der Waals surface area contributed by atoms with Crippen molar-refractivity contribution in [1.29, 1.82) is 0 Å². The van der Waals surface area contributed by atoms with Gasteiger partial charge in [-0.3, -0.25) is 0 Å². The van der Waals surface area contributed by atoms with Crippen LogP contribution in [0.2, 0.25) is 10.0 Å². The molecule has 0 aliphatic carbocycles. The van der Waals surface area contributed by atoms with Crippen LogP contribution in [0.15, 0.2) is 56.6 Å². The Hall–Kier alpha value is -1.01. The Labute approximate surface area is 150 Å². The zero-order chi connectivity index (χ0) is 15.5. The molecule has 1 heterocycles. The third-order valence-corrected chi connectivity index (χ3v) is 5.16. The quantitative estimate of drug-likeness (QED) is 0.482. The average Bonchev–Trinajstić information content (AvgIpc) is 2.96. The van der Waals surface area contributed by atoms with Gasteiger partial charge >= 0.3 is 0 Å². The fourth-order valence-electron chi connectivity index (χ4n) is 1.82. The van der Waals surface area contributed by atoms with E-state index in [1.807, 2.05) is 42.5 Å². The van der Waals surface area contributed by atoms with Crippen molar-refractivity contribution in [3.8, 4) is 11.5 Å². The number of benzene rings is 2. The number of hydrogen-bond donors (Lipinski definition) is 0. The van der Waals surface area contributed by atoms with Crippen molar-refractivity contribution in [2.45, 2.75) is 11.0 Å². The fraction of sp³-hybridized carbons (Fsp3) is 0.0667. The van der Waals surface area contributed by atoms with Gasteiger partial charge < -0.3 is 4.42 Å². The van der Waals surface area contributed by atoms with Crippen molar-refractivity contribution in [3.63, 3.8) is 0 Å². The molecule has 1 aromatic heterocycles. The molecule has 0 amide bonds. The largest absolute Gasteiger partial charge is 0.411 e. The van der Waals surface area contributed by atoms with Gasteiger partial charge in [-0.25, -0.2) is 0 Å². The first-order valence-corrected chi connectivity index (χ1v) is 8.82. The molecule has 0 aliphatic heterocycles. The average molecular weight is 416 g/mol. The minimum atomic E-state index is 0.472. The van der Waals surface area contributed by atoms with Crippen LogP contribution in [-0.4, -0.2) is 10.2 Å². The third-order valence-electron chi connectivity index (χ3n) is 2.91. The highest BCUT2D eigenvalue weighted by atomic mass is 79.9. The second-order valence-corrected chi connectivity index (χ2v) is 6.94. The van der Waals surface area contributed by atoms with Gasteiger partial charge in [-0.05, 0) is 45.8 Å². The van der Waals surface area contributed by atoms with Crippen LogP contribution in [0.4, 0.5) is 0 Å². The van der Waals surface area contributed by atoms with Gasteiger partial charge in [0.25, 0.3) is 5.22 Å². The molecule has 0 unspecified atom stereocenters. The first kappa shape index (κ1) is 15.9. The number of aromatic nitrogens is 2. The minimum Gasteiger partial charge on any atom is -0.411 e. The zero-order valence-corrected chi connectivity index (χ0v) is 15.0. The Balaban J connectivity index is 1.77. The van der Waals surface area contributed by atoms with Gasteiger partial charge in [0.15, 0.2) is 0 Å². The van der Waals surface area contributed by atoms with E-state index in [-0.39, 0.29) is 0 Å². The van der Waals surface area contributed by atoms with Gasteiger partial charge in [0.2, 0.25) is 5.89 Å². The van der Waals surface area contributed by atoms with Gasteiger partial charge in [0.1, 0.15) is 0 Å². The highest BCUT2D eigenvalue weighted by Gasteiger charge is 2.13. The van der Waals surface area contributed by atoms with Crippen molar-refractivity contribution < 1.29 is 4.42 Å². The molecule has 2 aromatic carbocycles. The number of nitrogens with zero attached hydrogens (tertiary/aromatic N) is 2. The number of rotatable bonds is 4. The van der Waals surface area contributed by atoms with Crippen LogP contribution in [-0.2, 0) is 5.75 Å². The summed E-state index contributed by atoms with van der Waals surface area (Å²) in [4.78, 5) is 0. The molecule has 0 N–H and O–H groups in total. The Kier molecular flexibility index (Phi) is 5.08. The molecule has 22 heavy (non-hydrogen) atoms. The SMILES string of the molecule is Clc1cccc(Cl)c1CSc1nnc(-c2ccccc2Br)o1. The van der Waals surface area contributed by atoms with Gasteiger partial charge in [-0.1, -0.05) is 53.2 Å². The number of hydrogen-bond acceptors (Lipinski definition) is 4. The molecule has 3 rings (SSSR count). The second kappa shape index (κ2) is 7.04. The molecule has 0 atom stereocenters. The third kappa shape index (κ3) is 3.49. The van der Waals surface area contributed by atoms with Crippen LogP contribution < -0.4 is 0 Å². The minimum absolute atomic E-state index is 0.472. The highest BCUT2D eigenvalue weighted by molar-refractivity contribution is 9.10. The van der Waals surface area contributed by atoms with E-state index < -0.39 is 0 Å². The van der Waals surface area contributed by atoms with Crippen LogP contribution in [0.1, 0.15) is 5.56 Å². The highest BCUT2D eigenvalue weighted by Crippen LogP contribution is 2.33. The van der Waals surface area contributed by atoms with E-state index in [1.54, 1.807) is 0 Å². The van der Waals surface area contributed by atoms with Gasteiger partial charge in [0, 0.05) is 20.3 Å². The van der Waals surface area contributed by atoms with Crippen molar-refractivity contribution in [3.05, 3.63) is 62.5 Å². The van der Waals surface area contributed by atoms with E-state index in [0.29, 0.717) is 26.9 Å². The van der Waals surface area contributed by atoms with Crippen molar-refractivity contribution >= 4 is 50.9 Å². The molecule has 112 valence electrons. The lowest BCUT2D eigenvalue weighted by Crippen LogP contribution is -1.84. The predicted molar refractivity (Wildman–Crippen MR) is 93.5 cm³/mol. The maximum absolute atomic E-state index is 6.15. The van der Waals surface area contributed by atoms with E-state index in [2.05, 4.69) is 26.1 Å². The van der Waals surface area contributed by atoms with Crippen LogP contribution in [0.5, 0.6) is 0 Å². The summed E-state index contributed by atoms with van der Waals surface area (Å²) in [6, 6.07) is 13.1. The van der Waals surface area contributed by atoms with Crippen LogP contribution in [0.3, 0.4) is 0 Å². The van der Waals surface area contributed by atoms with Gasteiger partial charge in [0.05, 0.1) is 5.56 Å². The van der Waals surface area contributed by atoms with E-state index >= 15 is 0 Å². The lowest BCUT2D eigenvalue weighted by atomic mass is 10.2. The van der Waals surface area contributed by atoms with Crippen molar-refractivity contribution in [2.24, 2.45) is 0 Å². The normalized spacial score (nSPS) is 10.9. The first-order valence-electron chi connectivity index (χ1n) is 6.29.